The van der Waals surface area contributed by atoms with Crippen LogP contribution in [-0.4, -0.2) is 39.8 Å². The molecule has 100 valence electrons. The number of carbonyl (C=O) groups excluding carboxylic acids is 1. The molecule has 1 amide bonds. The van der Waals surface area contributed by atoms with Gasteiger partial charge >= 0.3 is 0 Å². The summed E-state index contributed by atoms with van der Waals surface area (Å²) in [6.07, 6.45) is 1.63. The van der Waals surface area contributed by atoms with Crippen LogP contribution in [0.4, 0.5) is 5.82 Å². The van der Waals surface area contributed by atoms with Crippen LogP contribution in [0.5, 0.6) is 0 Å². The van der Waals surface area contributed by atoms with E-state index in [2.05, 4.69) is 20.4 Å². The molecule has 0 bridgehead atoms. The van der Waals surface area contributed by atoms with E-state index in [1.54, 1.807) is 32.5 Å². The largest absolute Gasteiger partial charge is 0.384 e. The molecule has 0 unspecified atom stereocenters. The maximum atomic E-state index is 11.4. The van der Waals surface area contributed by atoms with Gasteiger partial charge in [0.15, 0.2) is 17.3 Å². The van der Waals surface area contributed by atoms with E-state index >= 15 is 0 Å². The van der Waals surface area contributed by atoms with Crippen LogP contribution < -0.4 is 11.1 Å². The van der Waals surface area contributed by atoms with Crippen LogP contribution in [0.15, 0.2) is 18.3 Å². The molecule has 0 aromatic carbocycles. The van der Waals surface area contributed by atoms with E-state index in [0.717, 1.165) is 0 Å². The number of ether oxygens (including phenoxy) is 1. The molecule has 2 aromatic rings. The second kappa shape index (κ2) is 5.44. The third kappa shape index (κ3) is 2.86. The second-order valence-electron chi connectivity index (χ2n) is 3.72. The summed E-state index contributed by atoms with van der Waals surface area (Å²) in [4.78, 5) is 19.7. The molecular weight excluding hydrogens is 248 g/mol. The number of nitrogens with two attached hydrogens (primary N) is 1. The van der Waals surface area contributed by atoms with Gasteiger partial charge in [-0.1, -0.05) is 0 Å². The normalized spacial score (nSPS) is 10.4. The van der Waals surface area contributed by atoms with Gasteiger partial charge < -0.3 is 15.8 Å². The molecule has 0 aliphatic heterocycles. The van der Waals surface area contributed by atoms with Gasteiger partial charge in [-0.3, -0.25) is 4.79 Å². The Balaban J connectivity index is 2.35. The van der Waals surface area contributed by atoms with Gasteiger partial charge in [0, 0.05) is 26.4 Å². The second-order valence-corrected chi connectivity index (χ2v) is 3.72. The first-order valence-corrected chi connectivity index (χ1v) is 5.54. The summed E-state index contributed by atoms with van der Waals surface area (Å²) in [7, 11) is 3.09. The van der Waals surface area contributed by atoms with Crippen LogP contribution in [0, 0.1) is 0 Å². The third-order valence-corrected chi connectivity index (χ3v) is 2.34. The number of nitrogens with one attached hydrogen (secondary N) is 1. The summed E-state index contributed by atoms with van der Waals surface area (Å²) in [6, 6.07) is 3.16. The molecule has 0 aliphatic carbocycles. The Morgan fingerprint density at radius 2 is 2.32 bits per heavy atom. The van der Waals surface area contributed by atoms with Crippen molar-refractivity contribution in [3.8, 4) is 5.82 Å². The maximum Gasteiger partial charge on any atom is 0.271 e. The van der Waals surface area contributed by atoms with E-state index in [1.165, 1.54) is 4.68 Å². The van der Waals surface area contributed by atoms with Crippen LogP contribution in [0.1, 0.15) is 16.3 Å². The lowest BCUT2D eigenvalue weighted by molar-refractivity contribution is 0.0957. The number of amides is 1. The number of aromatic nitrogens is 4. The lowest BCUT2D eigenvalue weighted by Gasteiger charge is -2.05. The fourth-order valence-electron chi connectivity index (χ4n) is 1.51. The van der Waals surface area contributed by atoms with Gasteiger partial charge in [0.05, 0.1) is 0 Å². The first kappa shape index (κ1) is 13.0. The summed E-state index contributed by atoms with van der Waals surface area (Å²) < 4.78 is 6.42. The Morgan fingerprint density at radius 3 is 3.00 bits per heavy atom. The molecule has 0 saturated heterocycles. The lowest BCUT2D eigenvalue weighted by Crippen LogP contribution is -2.18. The molecule has 2 heterocycles. The highest BCUT2D eigenvalue weighted by Gasteiger charge is 2.10. The number of hydrogen-bond acceptors (Lipinski definition) is 6. The summed E-state index contributed by atoms with van der Waals surface area (Å²) in [5.41, 5.74) is 5.99. The van der Waals surface area contributed by atoms with Gasteiger partial charge in [0.25, 0.3) is 5.91 Å². The zero-order valence-electron chi connectivity index (χ0n) is 10.6. The van der Waals surface area contributed by atoms with E-state index in [4.69, 9.17) is 10.5 Å². The van der Waals surface area contributed by atoms with Gasteiger partial charge in [-0.05, 0) is 6.07 Å². The lowest BCUT2D eigenvalue weighted by atomic mass is 10.4. The highest BCUT2D eigenvalue weighted by atomic mass is 16.5. The Labute approximate surface area is 109 Å². The maximum absolute atomic E-state index is 11.4. The van der Waals surface area contributed by atoms with Crippen molar-refractivity contribution in [2.45, 2.75) is 6.61 Å². The van der Waals surface area contributed by atoms with Gasteiger partial charge in [-0.25, -0.2) is 14.6 Å². The topological polar surface area (TPSA) is 108 Å². The molecule has 0 atom stereocenters. The minimum Gasteiger partial charge on any atom is -0.384 e. The van der Waals surface area contributed by atoms with Crippen molar-refractivity contribution in [1.29, 1.82) is 0 Å². The third-order valence-electron chi connectivity index (χ3n) is 2.34. The number of nitrogens with zero attached hydrogens (tertiary/aromatic N) is 4. The fourth-order valence-corrected chi connectivity index (χ4v) is 1.51. The van der Waals surface area contributed by atoms with Gasteiger partial charge in [0.2, 0.25) is 0 Å². The number of rotatable bonds is 4. The van der Waals surface area contributed by atoms with E-state index < -0.39 is 0 Å². The van der Waals surface area contributed by atoms with E-state index in [-0.39, 0.29) is 12.5 Å². The molecule has 0 saturated carbocycles. The first-order valence-electron chi connectivity index (χ1n) is 5.54. The highest BCUT2D eigenvalue weighted by molar-refractivity contribution is 5.91. The number of anilines is 1. The zero-order chi connectivity index (χ0) is 13.8. The summed E-state index contributed by atoms with van der Waals surface area (Å²) in [5, 5.41) is 6.61. The monoisotopic (exact) mass is 262 g/mol. The number of methoxy groups -OCH3 is 1. The molecule has 2 rings (SSSR count). The molecule has 8 nitrogen and oxygen atoms in total. The molecule has 0 aliphatic rings. The van der Waals surface area contributed by atoms with E-state index in [1.807, 2.05) is 0 Å². The molecule has 3 N–H and O–H groups in total. The van der Waals surface area contributed by atoms with Crippen LogP contribution in [0.25, 0.3) is 5.82 Å². The Kier molecular flexibility index (Phi) is 3.71. The van der Waals surface area contributed by atoms with Crippen LogP contribution in [-0.2, 0) is 11.3 Å². The van der Waals surface area contributed by atoms with Crippen LogP contribution in [0.3, 0.4) is 0 Å². The first-order chi connectivity index (χ1) is 9.13. The van der Waals surface area contributed by atoms with Crippen molar-refractivity contribution < 1.29 is 9.53 Å². The van der Waals surface area contributed by atoms with Crippen molar-refractivity contribution in [3.63, 3.8) is 0 Å². The predicted octanol–water partition coefficient (Wildman–Crippen LogP) is -0.250. The number of nitrogen functional groups attached to an aromatic ring is 1. The average Bonchev–Trinajstić information content (AvgIpc) is 2.87. The average molecular weight is 262 g/mol. The van der Waals surface area contributed by atoms with E-state index in [0.29, 0.717) is 23.2 Å². The van der Waals surface area contributed by atoms with Crippen LogP contribution in [0.2, 0.25) is 0 Å². The predicted molar refractivity (Wildman–Crippen MR) is 67.7 cm³/mol. The SMILES string of the molecule is CNC(=O)c1ccn(-c2cc(N)nc(COC)n2)n1. The Bertz CT molecular complexity index is 595. The summed E-state index contributed by atoms with van der Waals surface area (Å²) in [5.74, 6) is 0.983. The standard InChI is InChI=1S/C11H14N6O2/c1-13-11(18)7-3-4-17(16-7)10-5-8(12)14-9(15-10)6-19-2/h3-5H,6H2,1-2H3,(H,13,18)(H2,12,14,15). The van der Waals surface area contributed by atoms with E-state index in [9.17, 15) is 4.79 Å². The quantitative estimate of drug-likeness (QED) is 0.786. The van der Waals surface area contributed by atoms with Crippen molar-refractivity contribution in [1.82, 2.24) is 25.1 Å². The van der Waals surface area contributed by atoms with Gasteiger partial charge in [0.1, 0.15) is 12.4 Å². The minimum absolute atomic E-state index is 0.252. The van der Waals surface area contributed by atoms with Crippen molar-refractivity contribution in [2.24, 2.45) is 0 Å². The molecule has 0 spiro atoms. The Morgan fingerprint density at radius 1 is 1.53 bits per heavy atom. The number of carbonyl (C=O) groups is 1. The molecule has 8 heteroatoms. The number of hydrogen-bond donors (Lipinski definition) is 2. The molecule has 19 heavy (non-hydrogen) atoms. The molecule has 0 fully saturated rings. The zero-order valence-corrected chi connectivity index (χ0v) is 10.6. The van der Waals surface area contributed by atoms with Crippen molar-refractivity contribution in [3.05, 3.63) is 29.8 Å². The van der Waals surface area contributed by atoms with Crippen molar-refractivity contribution >= 4 is 11.7 Å². The summed E-state index contributed by atoms with van der Waals surface area (Å²) >= 11 is 0. The van der Waals surface area contributed by atoms with Gasteiger partial charge in [-0.15, -0.1) is 0 Å². The Hall–Kier alpha value is -2.48. The molecule has 0 radical (unpaired) electrons. The molecular formula is C11H14N6O2. The molecule has 2 aromatic heterocycles. The highest BCUT2D eigenvalue weighted by Crippen LogP contribution is 2.09. The van der Waals surface area contributed by atoms with Crippen LogP contribution >= 0.6 is 0 Å². The van der Waals surface area contributed by atoms with Gasteiger partial charge in [-0.2, -0.15) is 5.10 Å². The smallest absolute Gasteiger partial charge is 0.271 e. The minimum atomic E-state index is -0.266. The van der Waals surface area contributed by atoms with Crippen molar-refractivity contribution in [2.75, 3.05) is 19.9 Å². The summed E-state index contributed by atoms with van der Waals surface area (Å²) in [6.45, 7) is 0.252. The fraction of sp³-hybridized carbons (Fsp3) is 0.273.